The first-order valence-electron chi connectivity index (χ1n) is 6.61. The monoisotopic (exact) mass is 278 g/mol. The summed E-state index contributed by atoms with van der Waals surface area (Å²) < 4.78 is 23.9. The molecule has 2 aromatic rings. The van der Waals surface area contributed by atoms with Crippen molar-refractivity contribution in [1.29, 1.82) is 0 Å². The van der Waals surface area contributed by atoms with Gasteiger partial charge in [0.1, 0.15) is 5.82 Å². The average molecular weight is 278 g/mol. The van der Waals surface area contributed by atoms with Crippen LogP contribution in [0.4, 0.5) is 4.39 Å². The molecule has 2 rings (SSSR count). The number of nitrogens with one attached hydrogen (secondary N) is 1. The fourth-order valence-corrected chi connectivity index (χ4v) is 1.93. The summed E-state index contributed by atoms with van der Waals surface area (Å²) in [7, 11) is 1.67. The minimum atomic E-state index is -0.265. The van der Waals surface area contributed by atoms with E-state index in [9.17, 15) is 4.39 Å². The number of rotatable bonds is 7. The Balaban J connectivity index is 1.94. The van der Waals surface area contributed by atoms with Crippen LogP contribution in [0.2, 0.25) is 0 Å². The van der Waals surface area contributed by atoms with E-state index in [-0.39, 0.29) is 5.82 Å². The summed E-state index contributed by atoms with van der Waals surface area (Å²) >= 11 is 0. The van der Waals surface area contributed by atoms with Crippen molar-refractivity contribution < 1.29 is 13.5 Å². The Bertz CT molecular complexity index is 534. The molecule has 0 saturated carbocycles. The fourth-order valence-electron chi connectivity index (χ4n) is 1.93. The minimum Gasteiger partial charge on any atom is -0.441 e. The molecule has 4 nitrogen and oxygen atoms in total. The summed E-state index contributed by atoms with van der Waals surface area (Å²) in [6, 6.07) is 4.82. The van der Waals surface area contributed by atoms with E-state index >= 15 is 0 Å². The second-order valence-corrected chi connectivity index (χ2v) is 4.63. The highest BCUT2D eigenvalue weighted by atomic mass is 19.1. The van der Waals surface area contributed by atoms with Crippen LogP contribution in [0, 0.1) is 12.7 Å². The molecule has 20 heavy (non-hydrogen) atoms. The summed E-state index contributed by atoms with van der Waals surface area (Å²) in [6.45, 7) is 4.10. The molecule has 0 unspecified atom stereocenters. The van der Waals surface area contributed by atoms with Crippen LogP contribution in [0.15, 0.2) is 28.8 Å². The number of nitrogens with zero attached hydrogens (tertiary/aromatic N) is 1. The molecule has 0 aliphatic carbocycles. The molecule has 1 N–H and O–H groups in total. The maximum Gasteiger partial charge on any atom is 0.196 e. The largest absolute Gasteiger partial charge is 0.441 e. The zero-order chi connectivity index (χ0) is 14.4. The molecule has 0 bridgehead atoms. The summed E-state index contributed by atoms with van der Waals surface area (Å²) in [5, 5.41) is 3.22. The van der Waals surface area contributed by atoms with Crippen molar-refractivity contribution in [2.45, 2.75) is 13.3 Å². The number of aromatic nitrogens is 1. The lowest BCUT2D eigenvalue weighted by Crippen LogP contribution is -2.21. The Morgan fingerprint density at radius 2 is 2.15 bits per heavy atom. The van der Waals surface area contributed by atoms with E-state index in [0.29, 0.717) is 30.2 Å². The predicted octanol–water partition coefficient (Wildman–Crippen LogP) is 2.57. The Kier molecular flexibility index (Phi) is 5.26. The predicted molar refractivity (Wildman–Crippen MR) is 75.1 cm³/mol. The summed E-state index contributed by atoms with van der Waals surface area (Å²) in [6.07, 6.45) is 2.33. The van der Waals surface area contributed by atoms with Gasteiger partial charge >= 0.3 is 0 Å². The summed E-state index contributed by atoms with van der Waals surface area (Å²) in [5.74, 6) is 0.977. The van der Waals surface area contributed by atoms with Crippen LogP contribution in [0.3, 0.4) is 0 Å². The van der Waals surface area contributed by atoms with Gasteiger partial charge in [0, 0.05) is 32.2 Å². The first-order valence-corrected chi connectivity index (χ1v) is 6.61. The number of hydrogen-bond acceptors (Lipinski definition) is 4. The lowest BCUT2D eigenvalue weighted by molar-refractivity contribution is 0.199. The Morgan fingerprint density at radius 3 is 2.90 bits per heavy atom. The van der Waals surface area contributed by atoms with Gasteiger partial charge in [0.25, 0.3) is 0 Å². The van der Waals surface area contributed by atoms with Crippen molar-refractivity contribution in [1.82, 2.24) is 10.3 Å². The quantitative estimate of drug-likeness (QED) is 0.791. The van der Waals surface area contributed by atoms with Crippen molar-refractivity contribution in [3.63, 3.8) is 0 Å². The van der Waals surface area contributed by atoms with Gasteiger partial charge in [-0.1, -0.05) is 0 Å². The number of benzene rings is 1. The van der Waals surface area contributed by atoms with Crippen molar-refractivity contribution in [3.05, 3.63) is 41.7 Å². The molecule has 1 aromatic heterocycles. The Morgan fingerprint density at radius 1 is 1.30 bits per heavy atom. The maximum absolute atomic E-state index is 13.4. The molecular weight excluding hydrogens is 259 g/mol. The molecule has 0 aliphatic heterocycles. The first kappa shape index (κ1) is 14.7. The first-order chi connectivity index (χ1) is 9.69. The van der Waals surface area contributed by atoms with Crippen LogP contribution in [-0.2, 0) is 11.2 Å². The van der Waals surface area contributed by atoms with Crippen molar-refractivity contribution in [2.24, 2.45) is 0 Å². The van der Waals surface area contributed by atoms with E-state index in [1.807, 2.05) is 13.0 Å². The number of hydrogen-bond donors (Lipinski definition) is 1. The number of ether oxygens (including phenoxy) is 1. The van der Waals surface area contributed by atoms with Crippen LogP contribution in [0.25, 0.3) is 11.3 Å². The highest BCUT2D eigenvalue weighted by Gasteiger charge is 2.08. The number of aryl methyl sites for hydroxylation is 1. The van der Waals surface area contributed by atoms with E-state index in [1.54, 1.807) is 13.3 Å². The molecular formula is C15H19FN2O2. The van der Waals surface area contributed by atoms with Gasteiger partial charge in [-0.25, -0.2) is 9.37 Å². The number of methoxy groups -OCH3 is 1. The molecule has 1 aromatic carbocycles. The van der Waals surface area contributed by atoms with Gasteiger partial charge < -0.3 is 14.5 Å². The molecule has 108 valence electrons. The lowest BCUT2D eigenvalue weighted by Gasteiger charge is -2.01. The minimum absolute atomic E-state index is 0.265. The third kappa shape index (κ3) is 4.15. The standard InChI is InChI=1S/C15H19FN2O2/c1-11-7-12(9-13(16)8-11)14-10-18-15(20-14)3-4-17-5-6-19-2/h7-10,17H,3-6H2,1-2H3. The lowest BCUT2D eigenvalue weighted by atomic mass is 10.1. The van der Waals surface area contributed by atoms with Gasteiger partial charge in [0.2, 0.25) is 0 Å². The SMILES string of the molecule is COCCNCCc1ncc(-c2cc(C)cc(F)c2)o1. The molecule has 0 spiro atoms. The average Bonchev–Trinajstić information content (AvgIpc) is 2.86. The van der Waals surface area contributed by atoms with Gasteiger partial charge in [0.05, 0.1) is 12.8 Å². The van der Waals surface area contributed by atoms with Crippen molar-refractivity contribution in [2.75, 3.05) is 26.8 Å². The van der Waals surface area contributed by atoms with Crippen LogP contribution < -0.4 is 5.32 Å². The highest BCUT2D eigenvalue weighted by Crippen LogP contribution is 2.22. The van der Waals surface area contributed by atoms with Gasteiger partial charge in [-0.3, -0.25) is 0 Å². The fraction of sp³-hybridized carbons (Fsp3) is 0.400. The molecule has 0 amide bonds. The Labute approximate surface area is 118 Å². The van der Waals surface area contributed by atoms with E-state index in [0.717, 1.165) is 18.7 Å². The smallest absolute Gasteiger partial charge is 0.196 e. The van der Waals surface area contributed by atoms with Crippen molar-refractivity contribution >= 4 is 0 Å². The molecule has 0 saturated heterocycles. The summed E-state index contributed by atoms with van der Waals surface area (Å²) in [4.78, 5) is 4.21. The van der Waals surface area contributed by atoms with Gasteiger partial charge in [-0.15, -0.1) is 0 Å². The van der Waals surface area contributed by atoms with E-state index in [4.69, 9.17) is 9.15 Å². The third-order valence-corrected chi connectivity index (χ3v) is 2.88. The molecule has 5 heteroatoms. The Hall–Kier alpha value is -1.72. The number of halogens is 1. The number of oxazole rings is 1. The van der Waals surface area contributed by atoms with E-state index in [1.165, 1.54) is 12.1 Å². The van der Waals surface area contributed by atoms with E-state index in [2.05, 4.69) is 10.3 Å². The van der Waals surface area contributed by atoms with E-state index < -0.39 is 0 Å². The van der Waals surface area contributed by atoms with Crippen LogP contribution >= 0.6 is 0 Å². The zero-order valence-electron chi connectivity index (χ0n) is 11.8. The second-order valence-electron chi connectivity index (χ2n) is 4.63. The molecule has 1 heterocycles. The van der Waals surface area contributed by atoms with Gasteiger partial charge in [-0.05, 0) is 30.7 Å². The van der Waals surface area contributed by atoms with Gasteiger partial charge in [0.15, 0.2) is 11.7 Å². The highest BCUT2D eigenvalue weighted by molar-refractivity contribution is 5.57. The van der Waals surface area contributed by atoms with Crippen LogP contribution in [0.1, 0.15) is 11.5 Å². The topological polar surface area (TPSA) is 47.3 Å². The molecule has 0 aliphatic rings. The summed E-state index contributed by atoms with van der Waals surface area (Å²) in [5.41, 5.74) is 1.58. The normalized spacial score (nSPS) is 10.9. The molecule has 0 atom stereocenters. The maximum atomic E-state index is 13.4. The molecule has 0 fully saturated rings. The van der Waals surface area contributed by atoms with Crippen LogP contribution in [-0.4, -0.2) is 31.8 Å². The third-order valence-electron chi connectivity index (χ3n) is 2.88. The second kappa shape index (κ2) is 7.17. The van der Waals surface area contributed by atoms with Crippen LogP contribution in [0.5, 0.6) is 0 Å². The zero-order valence-corrected chi connectivity index (χ0v) is 11.8. The van der Waals surface area contributed by atoms with Crippen molar-refractivity contribution in [3.8, 4) is 11.3 Å². The molecule has 0 radical (unpaired) electrons. The van der Waals surface area contributed by atoms with Gasteiger partial charge in [-0.2, -0.15) is 0 Å².